The first-order valence-corrected chi connectivity index (χ1v) is 10.4. The van der Waals surface area contributed by atoms with Gasteiger partial charge in [-0.15, -0.1) is 0 Å². The molecule has 9 nitrogen and oxygen atoms in total. The molecule has 13 heteroatoms. The lowest BCUT2D eigenvalue weighted by Gasteiger charge is -2.22. The van der Waals surface area contributed by atoms with Gasteiger partial charge in [0.05, 0.1) is 23.0 Å². The van der Waals surface area contributed by atoms with E-state index in [2.05, 4.69) is 25.6 Å². The van der Waals surface area contributed by atoms with E-state index in [1.807, 2.05) is 0 Å². The van der Waals surface area contributed by atoms with Gasteiger partial charge in [-0.2, -0.15) is 18.2 Å². The molecule has 2 aromatic carbocycles. The van der Waals surface area contributed by atoms with Crippen LogP contribution < -0.4 is 21.3 Å². The van der Waals surface area contributed by atoms with Crippen LogP contribution in [0.3, 0.4) is 0 Å². The lowest BCUT2D eigenvalue weighted by atomic mass is 10.1. The van der Waals surface area contributed by atoms with Crippen LogP contribution in [0.15, 0.2) is 51.8 Å². The summed E-state index contributed by atoms with van der Waals surface area (Å²) in [6.07, 6.45) is -2.19. The van der Waals surface area contributed by atoms with E-state index in [0.717, 1.165) is 17.2 Å². The maximum atomic E-state index is 14.3. The molecule has 0 unspecified atom stereocenters. The summed E-state index contributed by atoms with van der Waals surface area (Å²) in [5, 5.41) is 5.36. The van der Waals surface area contributed by atoms with Gasteiger partial charge in [-0.3, -0.25) is 9.78 Å². The first-order chi connectivity index (χ1) is 16.7. The fraction of sp³-hybridized carbons (Fsp3) is 0.182. The molecule has 0 spiro atoms. The molecule has 0 radical (unpaired) electrons. The molecule has 4 aromatic rings. The average Bonchev–Trinajstić information content (AvgIpc) is 3.57. The van der Waals surface area contributed by atoms with E-state index in [9.17, 15) is 27.2 Å². The number of H-pyrrole nitrogens is 1. The van der Waals surface area contributed by atoms with Crippen molar-refractivity contribution < 1.29 is 26.8 Å². The summed E-state index contributed by atoms with van der Waals surface area (Å²) in [6, 6.07) is 7.67. The van der Waals surface area contributed by atoms with E-state index in [1.165, 1.54) is 30.3 Å². The molecule has 1 saturated carbocycles. The highest BCUT2D eigenvalue weighted by atomic mass is 19.4. The summed E-state index contributed by atoms with van der Waals surface area (Å²) in [6.45, 7) is 0. The summed E-state index contributed by atoms with van der Waals surface area (Å²) in [7, 11) is 0. The molecule has 3 N–H and O–H groups in total. The maximum absolute atomic E-state index is 14.3. The maximum Gasteiger partial charge on any atom is 0.418 e. The van der Waals surface area contributed by atoms with E-state index in [4.69, 9.17) is 4.42 Å². The van der Waals surface area contributed by atoms with E-state index in [0.29, 0.717) is 36.0 Å². The van der Waals surface area contributed by atoms with E-state index >= 15 is 0 Å². The molecule has 180 valence electrons. The van der Waals surface area contributed by atoms with Crippen LogP contribution in [0.5, 0.6) is 0 Å². The third kappa shape index (κ3) is 4.65. The molecular weight excluding hydrogens is 472 g/mol. The molecule has 35 heavy (non-hydrogen) atoms. The predicted octanol–water partition coefficient (Wildman–Crippen LogP) is 4.68. The van der Waals surface area contributed by atoms with Gasteiger partial charge in [-0.05, 0) is 49.2 Å². The minimum Gasteiger partial charge on any atom is -0.408 e. The van der Waals surface area contributed by atoms with Gasteiger partial charge in [0, 0.05) is 17.4 Å². The topological polar surface area (TPSA) is 116 Å². The van der Waals surface area contributed by atoms with Crippen LogP contribution in [-0.4, -0.2) is 27.4 Å². The third-order valence-corrected chi connectivity index (χ3v) is 5.32. The van der Waals surface area contributed by atoms with Crippen LogP contribution in [0, 0.1) is 5.82 Å². The van der Waals surface area contributed by atoms with Crippen LogP contribution in [-0.2, 0) is 11.0 Å². The molecule has 0 atom stereocenters. The number of nitrogens with zero attached hydrogens (tertiary/aromatic N) is 3. The Kier molecular flexibility index (Phi) is 5.38. The second-order valence-corrected chi connectivity index (χ2v) is 7.84. The Bertz CT molecular complexity index is 1480. The van der Waals surface area contributed by atoms with Crippen LogP contribution >= 0.6 is 0 Å². The predicted molar refractivity (Wildman–Crippen MR) is 118 cm³/mol. The largest absolute Gasteiger partial charge is 0.418 e. The second kappa shape index (κ2) is 8.42. The summed E-state index contributed by atoms with van der Waals surface area (Å²) in [4.78, 5) is 34.0. The lowest BCUT2D eigenvalue weighted by Crippen LogP contribution is -2.26. The zero-order valence-electron chi connectivity index (χ0n) is 17.7. The van der Waals surface area contributed by atoms with E-state index in [-0.39, 0.29) is 29.2 Å². The summed E-state index contributed by atoms with van der Waals surface area (Å²) in [5.74, 6) is -1.87. The van der Waals surface area contributed by atoms with Crippen molar-refractivity contribution in [2.75, 3.05) is 15.5 Å². The fourth-order valence-electron chi connectivity index (χ4n) is 3.57. The van der Waals surface area contributed by atoms with Crippen molar-refractivity contribution >= 4 is 46.3 Å². The Hall–Kier alpha value is -4.42. The number of amides is 1. The van der Waals surface area contributed by atoms with Crippen molar-refractivity contribution in [3.63, 3.8) is 0 Å². The standard InChI is InChI=1S/C22H16F4N6O3/c23-15-9-27-20(31-19(15)28-12-2-6-18-16(8-12)30-21(34)35-18)29-11-1-5-17(14(7-11)22(24,25)26)32(10-33)13-3-4-13/h1-2,5-10,13H,3-4H2,(H,30,34)(H2,27,28,29,31). The zero-order chi connectivity index (χ0) is 24.7. The van der Waals surface area contributed by atoms with Gasteiger partial charge >= 0.3 is 11.9 Å². The quantitative estimate of drug-likeness (QED) is 0.256. The van der Waals surface area contributed by atoms with Gasteiger partial charge in [-0.1, -0.05) is 0 Å². The van der Waals surface area contributed by atoms with Gasteiger partial charge in [0.1, 0.15) is 0 Å². The molecule has 0 aliphatic heterocycles. The van der Waals surface area contributed by atoms with Gasteiger partial charge in [-0.25, -0.2) is 14.2 Å². The Labute approximate surface area is 193 Å². The normalized spacial score (nSPS) is 13.6. The highest BCUT2D eigenvalue weighted by Gasteiger charge is 2.38. The van der Waals surface area contributed by atoms with E-state index < -0.39 is 23.3 Å². The first kappa shape index (κ1) is 22.4. The Morgan fingerprint density at radius 2 is 1.86 bits per heavy atom. The van der Waals surface area contributed by atoms with Gasteiger partial charge in [0.15, 0.2) is 17.2 Å². The van der Waals surface area contributed by atoms with Crippen molar-refractivity contribution in [2.24, 2.45) is 0 Å². The molecule has 5 rings (SSSR count). The van der Waals surface area contributed by atoms with E-state index in [1.54, 1.807) is 0 Å². The number of aromatic amines is 1. The number of aromatic nitrogens is 3. The molecule has 1 amide bonds. The van der Waals surface area contributed by atoms with Crippen LogP contribution in [0.1, 0.15) is 18.4 Å². The molecule has 2 aromatic heterocycles. The van der Waals surface area contributed by atoms with Gasteiger partial charge in [0.25, 0.3) is 0 Å². The highest BCUT2D eigenvalue weighted by molar-refractivity contribution is 5.81. The number of anilines is 5. The SMILES string of the molecule is O=CN(c1ccc(Nc2ncc(F)c(Nc3ccc4oc(=O)[nH]c4c3)n2)cc1C(F)(F)F)C1CC1. The Morgan fingerprint density at radius 3 is 2.57 bits per heavy atom. The van der Waals surface area contributed by atoms with Gasteiger partial charge in [0.2, 0.25) is 12.4 Å². The van der Waals surface area contributed by atoms with Crippen LogP contribution in [0.25, 0.3) is 11.1 Å². The Balaban J connectivity index is 1.42. The summed E-state index contributed by atoms with van der Waals surface area (Å²) in [5.41, 5.74) is -0.179. The lowest BCUT2D eigenvalue weighted by molar-refractivity contribution is -0.137. The Morgan fingerprint density at radius 1 is 1.11 bits per heavy atom. The third-order valence-electron chi connectivity index (χ3n) is 5.32. The number of benzene rings is 2. The number of carbonyl (C=O) groups is 1. The minimum atomic E-state index is -4.72. The summed E-state index contributed by atoms with van der Waals surface area (Å²) >= 11 is 0. The monoisotopic (exact) mass is 488 g/mol. The smallest absolute Gasteiger partial charge is 0.408 e. The molecule has 1 fully saturated rings. The van der Waals surface area contributed by atoms with Crippen molar-refractivity contribution in [1.82, 2.24) is 15.0 Å². The molecule has 2 heterocycles. The number of fused-ring (bicyclic) bond motifs is 1. The number of hydrogen-bond donors (Lipinski definition) is 3. The first-order valence-electron chi connectivity index (χ1n) is 10.4. The minimum absolute atomic E-state index is 0.00216. The highest BCUT2D eigenvalue weighted by Crippen LogP contribution is 2.41. The number of nitrogens with one attached hydrogen (secondary N) is 3. The molecule has 1 aliphatic carbocycles. The van der Waals surface area contributed by atoms with Crippen LogP contribution in [0.2, 0.25) is 0 Å². The van der Waals surface area contributed by atoms with Crippen LogP contribution in [0.4, 0.5) is 46.4 Å². The second-order valence-electron chi connectivity index (χ2n) is 7.84. The molecular formula is C22H16F4N6O3. The molecule has 1 aliphatic rings. The van der Waals surface area contributed by atoms with Crippen molar-refractivity contribution in [3.8, 4) is 0 Å². The number of hydrogen-bond acceptors (Lipinski definition) is 7. The number of alkyl halides is 3. The molecule has 0 bridgehead atoms. The number of halogens is 4. The van der Waals surface area contributed by atoms with Crippen molar-refractivity contribution in [2.45, 2.75) is 25.1 Å². The van der Waals surface area contributed by atoms with Crippen molar-refractivity contribution in [3.05, 3.63) is 64.5 Å². The summed E-state index contributed by atoms with van der Waals surface area (Å²) < 4.78 is 60.4. The molecule has 0 saturated heterocycles. The number of carbonyl (C=O) groups excluding carboxylic acids is 1. The zero-order valence-corrected chi connectivity index (χ0v) is 17.7. The fourth-order valence-corrected chi connectivity index (χ4v) is 3.57. The van der Waals surface area contributed by atoms with Crippen molar-refractivity contribution in [1.29, 1.82) is 0 Å². The number of oxazole rings is 1. The average molecular weight is 488 g/mol. The number of rotatable bonds is 7. The van der Waals surface area contributed by atoms with Gasteiger partial charge < -0.3 is 20.0 Å².